The average Bonchev–Trinajstić information content (AvgIpc) is 3.67. The van der Waals surface area contributed by atoms with E-state index in [4.69, 9.17) is 57.9 Å². The molecule has 0 aromatic heterocycles. The van der Waals surface area contributed by atoms with Gasteiger partial charge in [-0.15, -0.1) is 0 Å². The minimum Gasteiger partial charge on any atom is -0.419 e. The quantitative estimate of drug-likeness (QED) is 0.138. The second kappa shape index (κ2) is 23.4. The van der Waals surface area contributed by atoms with Gasteiger partial charge in [0.1, 0.15) is 9.76 Å². The van der Waals surface area contributed by atoms with Crippen LogP contribution in [0.1, 0.15) is 0 Å². The van der Waals surface area contributed by atoms with Crippen LogP contribution in [0.2, 0.25) is 32.7 Å². The van der Waals surface area contributed by atoms with E-state index in [2.05, 4.69) is 26.2 Å². The Bertz CT molecular complexity index is 3070. The van der Waals surface area contributed by atoms with Crippen molar-refractivity contribution in [3.63, 3.8) is 0 Å². The van der Waals surface area contributed by atoms with Crippen LogP contribution in [0.15, 0.2) is 243 Å². The molecule has 0 spiro atoms. The van der Waals surface area contributed by atoms with E-state index in [-0.39, 0.29) is 0 Å². The highest BCUT2D eigenvalue weighted by Crippen LogP contribution is 2.43. The van der Waals surface area contributed by atoms with Crippen molar-refractivity contribution in [2.24, 2.45) is 0 Å². The number of benzene rings is 8. The number of rotatable bonds is 15. The van der Waals surface area contributed by atoms with Crippen LogP contribution in [-0.4, -0.2) is 105 Å². The van der Waals surface area contributed by atoms with Crippen molar-refractivity contribution < 1.29 is 57.9 Å². The first kappa shape index (κ1) is 56.4. The van der Waals surface area contributed by atoms with Crippen LogP contribution in [-0.2, 0) is 57.9 Å². The summed E-state index contributed by atoms with van der Waals surface area (Å²) in [5.74, 6) is 0. The molecule has 0 radical (unpaired) electrons. The summed E-state index contributed by atoms with van der Waals surface area (Å²) in [4.78, 5) is 0. The first-order valence-electron chi connectivity index (χ1n) is 26.4. The predicted octanol–water partition coefficient (Wildman–Crippen LogP) is 3.76. The Morgan fingerprint density at radius 2 is 0.481 bits per heavy atom. The molecule has 0 saturated carbocycles. The third-order valence-corrected chi connectivity index (χ3v) is 52.4. The molecule has 4 heterocycles. The van der Waals surface area contributed by atoms with Gasteiger partial charge in [-0.25, -0.2) is 0 Å². The summed E-state index contributed by atoms with van der Waals surface area (Å²) >= 11 is 0. The highest BCUT2D eigenvalue weighted by Gasteiger charge is 2.80. The molecule has 25 heteroatoms. The summed E-state index contributed by atoms with van der Waals surface area (Å²) in [7, 11) is -43.5. The number of hydrogen-bond donors (Lipinski definition) is 0. The number of fused-ring (bicyclic) bond motifs is 4. The first-order valence-corrected chi connectivity index (χ1v) is 47.7. The molecule has 4 aliphatic rings. The van der Waals surface area contributed by atoms with Crippen LogP contribution < -0.4 is 41.5 Å². The lowest BCUT2D eigenvalue weighted by atomic mass is 10.4. The van der Waals surface area contributed by atoms with Gasteiger partial charge in [-0.3, -0.25) is 0 Å². The maximum atomic E-state index is 8.52. The fourth-order valence-electron chi connectivity index (χ4n) is 9.81. The van der Waals surface area contributed by atoms with Crippen molar-refractivity contribution in [3.8, 4) is 0 Å². The van der Waals surface area contributed by atoms with Gasteiger partial charge in [-0.2, -0.15) is 0 Å². The van der Waals surface area contributed by atoms with Gasteiger partial charge < -0.3 is 57.9 Å². The Morgan fingerprint density at radius 1 is 0.278 bits per heavy atom. The fraction of sp³-hybridized carbons (Fsp3) is 0.111. The lowest BCUT2D eigenvalue weighted by molar-refractivity contribution is 0.0444. The van der Waals surface area contributed by atoms with Crippen molar-refractivity contribution in [2.45, 2.75) is 32.7 Å². The lowest BCUT2D eigenvalue weighted by Crippen LogP contribution is -2.90. The van der Waals surface area contributed by atoms with E-state index in [1.54, 1.807) is 7.11 Å². The molecule has 0 amide bonds. The summed E-state index contributed by atoms with van der Waals surface area (Å²) < 4.78 is 114. The lowest BCUT2D eigenvalue weighted by Gasteiger charge is -2.57. The summed E-state index contributed by atoms with van der Waals surface area (Å²) in [6, 6.07) is 77.5. The molecular weight excluding hydrogens is 1180 g/mol. The zero-order chi connectivity index (χ0) is 54.7. The van der Waals surface area contributed by atoms with Crippen LogP contribution in [0.3, 0.4) is 0 Å². The Hall–Kier alpha value is -4.41. The summed E-state index contributed by atoms with van der Waals surface area (Å²) in [6.45, 7) is 10.4. The second-order valence-electron chi connectivity index (χ2n) is 19.4. The zero-order valence-electron chi connectivity index (χ0n) is 44.7. The van der Waals surface area contributed by atoms with Crippen LogP contribution in [0.25, 0.3) is 0 Å². The molecule has 8 aromatic carbocycles. The molecule has 4 fully saturated rings. The molecule has 12 rings (SSSR count). The standard InChI is InChI=1S/C54H62O14Si11/c1-55-72(47-31-15-7-16-32-47)59-76(51-39-23-11-24-40-51)61-73(56-69-2,48-33-17-8-18-34-48)62-77(60-72,52-41-25-12-26-42-52)68-79(54-45-29-14-30-46-54)64-74(57-70(3)4,49-35-19-9-20-36-49)63-78(67-76,53-43-27-13-28-44-53)65-75(66-79,58-71(5)6)50-37-21-10-22-38-50/h7-46,70-71H,69H2,1-6H3. The van der Waals surface area contributed by atoms with Crippen molar-refractivity contribution >= 4 is 140 Å². The molecule has 14 nitrogen and oxygen atoms in total. The van der Waals surface area contributed by atoms with Crippen LogP contribution >= 0.6 is 0 Å². The molecule has 4 bridgehead atoms. The molecule has 406 valence electrons. The zero-order valence-corrected chi connectivity index (χ0v) is 56.4. The molecule has 2 atom stereocenters. The minimum atomic E-state index is -5.09. The van der Waals surface area contributed by atoms with Gasteiger partial charge in [0, 0.05) is 48.6 Å². The molecule has 0 aliphatic carbocycles. The van der Waals surface area contributed by atoms with Crippen LogP contribution in [0.4, 0.5) is 0 Å². The van der Waals surface area contributed by atoms with Crippen LogP contribution in [0.5, 0.6) is 0 Å². The smallest absolute Gasteiger partial charge is 0.419 e. The maximum Gasteiger partial charge on any atom is 0.522 e. The molecule has 0 N–H and O–H groups in total. The molecule has 8 aromatic rings. The van der Waals surface area contributed by atoms with E-state index in [1.807, 2.05) is 249 Å². The fourth-order valence-corrected chi connectivity index (χ4v) is 60.0. The largest absolute Gasteiger partial charge is 0.522 e. The van der Waals surface area contributed by atoms with Gasteiger partial charge in [0.25, 0.3) is 0 Å². The summed E-state index contributed by atoms with van der Waals surface area (Å²) in [6.07, 6.45) is 0. The van der Waals surface area contributed by atoms with Crippen molar-refractivity contribution in [1.29, 1.82) is 0 Å². The highest BCUT2D eigenvalue weighted by atomic mass is 28.6. The molecule has 79 heavy (non-hydrogen) atoms. The van der Waals surface area contributed by atoms with Crippen molar-refractivity contribution in [1.82, 2.24) is 0 Å². The van der Waals surface area contributed by atoms with E-state index in [0.717, 1.165) is 0 Å². The predicted molar refractivity (Wildman–Crippen MR) is 328 cm³/mol. The average molecular weight is 1240 g/mol. The van der Waals surface area contributed by atoms with Gasteiger partial charge in [0.2, 0.25) is 0 Å². The van der Waals surface area contributed by atoms with E-state index in [0.29, 0.717) is 41.5 Å². The van der Waals surface area contributed by atoms with Gasteiger partial charge in [0.05, 0.1) is 0 Å². The third kappa shape index (κ3) is 11.1. The Kier molecular flexibility index (Phi) is 16.8. The van der Waals surface area contributed by atoms with Gasteiger partial charge in [0.15, 0.2) is 18.1 Å². The van der Waals surface area contributed by atoms with Gasteiger partial charge in [-0.05, 0) is 26.2 Å². The summed E-state index contributed by atoms with van der Waals surface area (Å²) in [5.41, 5.74) is 0. The van der Waals surface area contributed by atoms with E-state index < -0.39 is 98.3 Å². The normalized spacial score (nSPS) is 30.2. The molecule has 4 aliphatic heterocycles. The second-order valence-corrected chi connectivity index (χ2v) is 49.3. The number of hydrogen-bond acceptors (Lipinski definition) is 14. The van der Waals surface area contributed by atoms with E-state index >= 15 is 0 Å². The first-order chi connectivity index (χ1) is 38.4. The van der Waals surface area contributed by atoms with Crippen LogP contribution in [0, 0.1) is 0 Å². The highest BCUT2D eigenvalue weighted by molar-refractivity contribution is 7.10. The third-order valence-electron chi connectivity index (χ3n) is 13.1. The molecule has 4 saturated heterocycles. The van der Waals surface area contributed by atoms with Gasteiger partial charge >= 0.3 is 70.4 Å². The maximum absolute atomic E-state index is 8.52. The minimum absolute atomic E-state index is 0.511. The monoisotopic (exact) mass is 1240 g/mol. The van der Waals surface area contributed by atoms with Crippen molar-refractivity contribution in [3.05, 3.63) is 243 Å². The Labute approximate surface area is 477 Å². The van der Waals surface area contributed by atoms with E-state index in [1.165, 1.54) is 0 Å². The Morgan fingerprint density at radius 3 is 0.709 bits per heavy atom. The SMILES string of the molecule is CO[Si]1(c2ccccc2)O[Si]2(c3ccccc3)O[Si](O[SiH2]C)(c3ccccc3)O[Si](c3ccccc3)(O1)O[Si]1(c3ccccc3)O[Si](O[SiH](C)C)(c3ccccc3)O[Si](c3ccccc3)(O[Si](O[SiH](C)C)(c3ccccc3)O1)O2. The van der Waals surface area contributed by atoms with E-state index in [9.17, 15) is 0 Å². The molecular formula is C54H62O14Si11. The van der Waals surface area contributed by atoms with Crippen molar-refractivity contribution in [2.75, 3.05) is 7.11 Å². The van der Waals surface area contributed by atoms with Gasteiger partial charge in [-0.1, -0.05) is 249 Å². The molecule has 2 unspecified atom stereocenters. The Balaban J connectivity index is 1.41. The summed E-state index contributed by atoms with van der Waals surface area (Å²) in [5, 5.41) is 4.46. The topological polar surface area (TPSA) is 129 Å².